The summed E-state index contributed by atoms with van der Waals surface area (Å²) < 4.78 is 11.9. The molecule has 3 aromatic rings. The third kappa shape index (κ3) is 3.68. The number of anilines is 1. The second kappa shape index (κ2) is 7.44. The molecule has 27 heavy (non-hydrogen) atoms. The standard InChI is InChI=1S/C20H19BrN2O4/c1-11-14-10-13(21)6-8-16(14)27-18(11)19(24)22-15-9-12(20(25)23(2)3)5-7-17(15)26-4/h5-10H,1-4H3,(H,22,24). The quantitative estimate of drug-likeness (QED) is 0.662. The first-order chi connectivity index (χ1) is 12.8. The Hall–Kier alpha value is -2.80. The van der Waals surface area contributed by atoms with Crippen molar-refractivity contribution in [3.63, 3.8) is 0 Å². The summed E-state index contributed by atoms with van der Waals surface area (Å²) in [6, 6.07) is 10.5. The van der Waals surface area contributed by atoms with E-state index in [0.29, 0.717) is 22.6 Å². The van der Waals surface area contributed by atoms with Crippen LogP contribution in [0, 0.1) is 6.92 Å². The Morgan fingerprint density at radius 1 is 1.15 bits per heavy atom. The number of carbonyl (C=O) groups is 2. The highest BCUT2D eigenvalue weighted by Gasteiger charge is 2.20. The van der Waals surface area contributed by atoms with Gasteiger partial charge in [-0.2, -0.15) is 0 Å². The van der Waals surface area contributed by atoms with Crippen LogP contribution < -0.4 is 10.1 Å². The molecule has 0 atom stereocenters. The van der Waals surface area contributed by atoms with Crippen molar-refractivity contribution in [3.8, 4) is 5.75 Å². The summed E-state index contributed by atoms with van der Waals surface area (Å²) in [6.45, 7) is 1.83. The molecule has 0 aliphatic rings. The van der Waals surface area contributed by atoms with Gasteiger partial charge in [-0.05, 0) is 43.3 Å². The van der Waals surface area contributed by atoms with Crippen molar-refractivity contribution in [2.24, 2.45) is 0 Å². The molecule has 1 aromatic heterocycles. The van der Waals surface area contributed by atoms with Gasteiger partial charge < -0.3 is 19.4 Å². The van der Waals surface area contributed by atoms with Crippen LogP contribution in [0.15, 0.2) is 45.3 Å². The summed E-state index contributed by atoms with van der Waals surface area (Å²) in [6.07, 6.45) is 0. The van der Waals surface area contributed by atoms with E-state index in [4.69, 9.17) is 9.15 Å². The number of carbonyl (C=O) groups excluding carboxylic acids is 2. The predicted octanol–water partition coefficient (Wildman–Crippen LogP) is 4.47. The number of hydrogen-bond acceptors (Lipinski definition) is 4. The van der Waals surface area contributed by atoms with E-state index in [-0.39, 0.29) is 11.7 Å². The van der Waals surface area contributed by atoms with Crippen LogP contribution >= 0.6 is 15.9 Å². The number of halogens is 1. The molecule has 0 aliphatic heterocycles. The van der Waals surface area contributed by atoms with Gasteiger partial charge in [-0.15, -0.1) is 0 Å². The number of furan rings is 1. The maximum Gasteiger partial charge on any atom is 0.291 e. The zero-order valence-electron chi connectivity index (χ0n) is 15.4. The molecule has 0 fully saturated rings. The third-order valence-electron chi connectivity index (χ3n) is 4.21. The van der Waals surface area contributed by atoms with Crippen LogP contribution in [-0.4, -0.2) is 37.9 Å². The molecule has 2 amide bonds. The molecule has 2 aromatic carbocycles. The fourth-order valence-electron chi connectivity index (χ4n) is 2.79. The Kier molecular flexibility index (Phi) is 5.23. The Morgan fingerprint density at radius 3 is 2.56 bits per heavy atom. The number of fused-ring (bicyclic) bond motifs is 1. The van der Waals surface area contributed by atoms with Gasteiger partial charge in [-0.3, -0.25) is 9.59 Å². The fourth-order valence-corrected chi connectivity index (χ4v) is 3.15. The van der Waals surface area contributed by atoms with Crippen LogP contribution in [0.2, 0.25) is 0 Å². The minimum atomic E-state index is -0.410. The number of aryl methyl sites for hydroxylation is 1. The predicted molar refractivity (Wildman–Crippen MR) is 108 cm³/mol. The highest BCUT2D eigenvalue weighted by Crippen LogP contribution is 2.30. The van der Waals surface area contributed by atoms with Gasteiger partial charge >= 0.3 is 0 Å². The number of methoxy groups -OCH3 is 1. The minimum absolute atomic E-state index is 0.169. The van der Waals surface area contributed by atoms with E-state index in [1.54, 1.807) is 38.4 Å². The molecule has 0 saturated carbocycles. The maximum absolute atomic E-state index is 12.8. The average Bonchev–Trinajstić information content (AvgIpc) is 2.97. The van der Waals surface area contributed by atoms with Gasteiger partial charge in [0.2, 0.25) is 0 Å². The van der Waals surface area contributed by atoms with Crippen molar-refractivity contribution in [1.82, 2.24) is 4.90 Å². The minimum Gasteiger partial charge on any atom is -0.495 e. The lowest BCUT2D eigenvalue weighted by molar-refractivity contribution is 0.0827. The molecule has 0 saturated heterocycles. The Morgan fingerprint density at radius 2 is 1.89 bits per heavy atom. The van der Waals surface area contributed by atoms with Crippen molar-refractivity contribution in [2.45, 2.75) is 6.92 Å². The summed E-state index contributed by atoms with van der Waals surface area (Å²) in [5.74, 6) is 0.0927. The number of amides is 2. The Labute approximate surface area is 165 Å². The van der Waals surface area contributed by atoms with E-state index in [0.717, 1.165) is 15.4 Å². The lowest BCUT2D eigenvalue weighted by Gasteiger charge is -2.14. The first kappa shape index (κ1) is 19.0. The summed E-state index contributed by atoms with van der Waals surface area (Å²) in [5.41, 5.74) is 2.21. The zero-order chi connectivity index (χ0) is 19.7. The average molecular weight is 431 g/mol. The summed E-state index contributed by atoms with van der Waals surface area (Å²) in [4.78, 5) is 26.5. The van der Waals surface area contributed by atoms with Gasteiger partial charge in [-0.25, -0.2) is 0 Å². The zero-order valence-corrected chi connectivity index (χ0v) is 17.0. The molecule has 7 heteroatoms. The van der Waals surface area contributed by atoms with E-state index >= 15 is 0 Å². The van der Waals surface area contributed by atoms with Crippen LogP contribution in [0.25, 0.3) is 11.0 Å². The summed E-state index contributed by atoms with van der Waals surface area (Å²) in [7, 11) is 4.84. The van der Waals surface area contributed by atoms with E-state index in [9.17, 15) is 9.59 Å². The fraction of sp³-hybridized carbons (Fsp3) is 0.200. The Bertz CT molecular complexity index is 1040. The molecular weight excluding hydrogens is 412 g/mol. The largest absolute Gasteiger partial charge is 0.495 e. The molecule has 0 bridgehead atoms. The van der Waals surface area contributed by atoms with Crippen LogP contribution in [0.5, 0.6) is 5.75 Å². The van der Waals surface area contributed by atoms with Crippen LogP contribution in [0.1, 0.15) is 26.5 Å². The molecule has 3 rings (SSSR count). The number of benzene rings is 2. The summed E-state index contributed by atoms with van der Waals surface area (Å²) >= 11 is 3.42. The number of nitrogens with one attached hydrogen (secondary N) is 1. The van der Waals surface area contributed by atoms with Gasteiger partial charge in [0, 0.05) is 35.1 Å². The molecule has 0 aliphatic carbocycles. The SMILES string of the molecule is COc1ccc(C(=O)N(C)C)cc1NC(=O)c1oc2ccc(Br)cc2c1C. The number of hydrogen-bond donors (Lipinski definition) is 1. The van der Waals surface area contributed by atoms with E-state index < -0.39 is 5.91 Å². The van der Waals surface area contributed by atoms with E-state index in [1.807, 2.05) is 19.1 Å². The van der Waals surface area contributed by atoms with Gasteiger partial charge in [-0.1, -0.05) is 15.9 Å². The highest BCUT2D eigenvalue weighted by molar-refractivity contribution is 9.10. The van der Waals surface area contributed by atoms with Crippen molar-refractivity contribution in [1.29, 1.82) is 0 Å². The maximum atomic E-state index is 12.8. The molecule has 140 valence electrons. The van der Waals surface area contributed by atoms with Crippen LogP contribution in [-0.2, 0) is 0 Å². The van der Waals surface area contributed by atoms with E-state index in [2.05, 4.69) is 21.2 Å². The van der Waals surface area contributed by atoms with Crippen LogP contribution in [0.4, 0.5) is 5.69 Å². The monoisotopic (exact) mass is 430 g/mol. The lowest BCUT2D eigenvalue weighted by Crippen LogP contribution is -2.22. The van der Waals surface area contributed by atoms with Crippen molar-refractivity contribution < 1.29 is 18.7 Å². The molecule has 6 nitrogen and oxygen atoms in total. The first-order valence-corrected chi connectivity index (χ1v) is 9.00. The number of ether oxygens (including phenoxy) is 1. The highest BCUT2D eigenvalue weighted by atomic mass is 79.9. The normalized spacial score (nSPS) is 10.7. The number of nitrogens with zero attached hydrogens (tertiary/aromatic N) is 1. The molecule has 0 unspecified atom stereocenters. The molecule has 0 spiro atoms. The molecule has 1 N–H and O–H groups in total. The van der Waals surface area contributed by atoms with Gasteiger partial charge in [0.25, 0.3) is 11.8 Å². The van der Waals surface area contributed by atoms with Gasteiger partial charge in [0.1, 0.15) is 11.3 Å². The van der Waals surface area contributed by atoms with E-state index in [1.165, 1.54) is 12.0 Å². The molecule has 1 heterocycles. The topological polar surface area (TPSA) is 71.8 Å². The first-order valence-electron chi connectivity index (χ1n) is 8.21. The third-order valence-corrected chi connectivity index (χ3v) is 4.70. The summed E-state index contributed by atoms with van der Waals surface area (Å²) in [5, 5.41) is 3.65. The second-order valence-electron chi connectivity index (χ2n) is 6.27. The lowest BCUT2D eigenvalue weighted by atomic mass is 10.1. The second-order valence-corrected chi connectivity index (χ2v) is 7.18. The number of rotatable bonds is 4. The Balaban J connectivity index is 1.97. The van der Waals surface area contributed by atoms with Crippen molar-refractivity contribution in [2.75, 3.05) is 26.5 Å². The molecule has 0 radical (unpaired) electrons. The van der Waals surface area contributed by atoms with Crippen LogP contribution in [0.3, 0.4) is 0 Å². The molecular formula is C20H19BrN2O4. The van der Waals surface area contributed by atoms with Gasteiger partial charge in [0.15, 0.2) is 5.76 Å². The smallest absolute Gasteiger partial charge is 0.291 e. The van der Waals surface area contributed by atoms with Crippen molar-refractivity contribution in [3.05, 3.63) is 57.8 Å². The van der Waals surface area contributed by atoms with Crippen molar-refractivity contribution >= 4 is 44.4 Å². The van der Waals surface area contributed by atoms with Gasteiger partial charge in [0.05, 0.1) is 12.8 Å².